The monoisotopic (exact) mass is 118 g/mol. The molecule has 0 atom stereocenters. The molecule has 0 aliphatic rings. The Hall–Kier alpha value is 0.646. The Kier molecular flexibility index (Phi) is 1840. The first-order valence-electron chi connectivity index (χ1n) is 1.26. The largest absolute Gasteiger partial charge is 2.00 e. The maximum absolute atomic E-state index is 8.25. The molecule has 3 nitrogen and oxygen atoms in total. The van der Waals surface area contributed by atoms with Gasteiger partial charge in [-0.3, -0.25) is 0 Å². The first-order chi connectivity index (χ1) is 3.00. The zero-order valence-electron chi connectivity index (χ0n) is 4.97. The second kappa shape index (κ2) is 507. The Morgan fingerprint density at radius 3 is 0.857 bits per heavy atom. The van der Waals surface area contributed by atoms with Crippen LogP contribution in [-0.4, -0.2) is 49.5 Å². The third kappa shape index (κ3) is 344. The van der Waals surface area contributed by atoms with Gasteiger partial charge < -0.3 is 15.3 Å². The van der Waals surface area contributed by atoms with Crippen LogP contribution in [-0.2, 0) is 0 Å². The van der Waals surface area contributed by atoms with E-state index in [1.54, 1.807) is 0 Å². The van der Waals surface area contributed by atoms with E-state index in [-0.39, 0.29) is 23.1 Å². The molecule has 1 N–H and O–H groups in total. The quantitative estimate of drug-likeness (QED) is 0.349. The molecule has 42 valence electrons. The van der Waals surface area contributed by atoms with Gasteiger partial charge in [0.2, 0.25) is 0 Å². The molecular weight excluding hydrogens is 108 g/mol. The van der Waals surface area contributed by atoms with E-state index < -0.39 is 0 Å². The first kappa shape index (κ1) is 25.4. The van der Waals surface area contributed by atoms with E-state index in [2.05, 4.69) is 0 Å². The fraction of sp³-hybridized carbons (Fsp3) is 1.00. The summed E-state index contributed by atoms with van der Waals surface area (Å²) in [5, 5.41) is 23.5. The molecule has 0 fully saturated rings. The van der Waals surface area contributed by atoms with E-state index in [0.717, 1.165) is 21.3 Å². The summed E-state index contributed by atoms with van der Waals surface area (Å²) < 4.78 is 0. The predicted molar refractivity (Wildman–Crippen MR) is 25.7 cm³/mol. The van der Waals surface area contributed by atoms with E-state index in [1.807, 2.05) is 0 Å². The standard InChI is InChI=1S/CH4O.2CH3O.Mg/c3*1-2;/h2H,1H3;2*1H3;/q;2*-1;+2. The van der Waals surface area contributed by atoms with Gasteiger partial charge in [-0.05, 0) is 0 Å². The molecule has 0 aliphatic heterocycles. The third-order valence-electron chi connectivity index (χ3n) is 0. The minimum Gasteiger partial charge on any atom is -0.857 e. The summed E-state index contributed by atoms with van der Waals surface area (Å²) in [7, 11) is 2.50. The summed E-state index contributed by atoms with van der Waals surface area (Å²) in [4.78, 5) is 0. The molecule has 0 aromatic heterocycles. The fourth-order valence-corrected chi connectivity index (χ4v) is 0. The number of rotatable bonds is 0. The molecule has 0 spiro atoms. The van der Waals surface area contributed by atoms with Crippen LogP contribution < -0.4 is 10.2 Å². The smallest absolute Gasteiger partial charge is 0.857 e. The summed E-state index contributed by atoms with van der Waals surface area (Å²) in [6, 6.07) is 0. The molecule has 0 unspecified atom stereocenters. The minimum absolute atomic E-state index is 0. The number of hydrogen-bond acceptors (Lipinski definition) is 3. The van der Waals surface area contributed by atoms with E-state index in [9.17, 15) is 0 Å². The Bertz CT molecular complexity index is 10.1. The number of aliphatic hydroxyl groups excluding tert-OH is 1. The van der Waals surface area contributed by atoms with Gasteiger partial charge in [0.25, 0.3) is 0 Å². The summed E-state index contributed by atoms with van der Waals surface area (Å²) in [5.41, 5.74) is 0. The predicted octanol–water partition coefficient (Wildman–Crippen LogP) is -2.82. The molecule has 0 rings (SSSR count). The van der Waals surface area contributed by atoms with Gasteiger partial charge in [-0.15, -0.1) is 0 Å². The van der Waals surface area contributed by atoms with Crippen molar-refractivity contribution in [2.45, 2.75) is 0 Å². The number of aliphatic hydroxyl groups is 1. The Labute approximate surface area is 60.1 Å². The summed E-state index contributed by atoms with van der Waals surface area (Å²) in [5.74, 6) is 0. The minimum atomic E-state index is 0. The van der Waals surface area contributed by atoms with Crippen molar-refractivity contribution in [1.29, 1.82) is 0 Å². The molecule has 4 heteroatoms. The van der Waals surface area contributed by atoms with Gasteiger partial charge in [-0.25, -0.2) is 0 Å². The van der Waals surface area contributed by atoms with Gasteiger partial charge in [-0.1, -0.05) is 0 Å². The maximum atomic E-state index is 8.25. The van der Waals surface area contributed by atoms with Crippen LogP contribution in [0.5, 0.6) is 0 Å². The van der Waals surface area contributed by atoms with Crippen molar-refractivity contribution in [3.05, 3.63) is 0 Å². The molecule has 0 aliphatic carbocycles. The maximum Gasteiger partial charge on any atom is 2.00 e. The molecule has 0 aromatic rings. The Morgan fingerprint density at radius 1 is 0.857 bits per heavy atom. The van der Waals surface area contributed by atoms with Crippen LogP contribution in [0.25, 0.3) is 0 Å². The van der Waals surface area contributed by atoms with Crippen LogP contribution in [0.2, 0.25) is 0 Å². The van der Waals surface area contributed by atoms with E-state index in [1.165, 1.54) is 0 Å². The molecular formula is C3H10MgO3. The Balaban J connectivity index is -0.00000000900. The number of hydrogen-bond donors (Lipinski definition) is 1. The van der Waals surface area contributed by atoms with Crippen LogP contribution in [0.1, 0.15) is 0 Å². The summed E-state index contributed by atoms with van der Waals surface area (Å²) in [6.45, 7) is 0. The fourth-order valence-electron chi connectivity index (χ4n) is 0. The van der Waals surface area contributed by atoms with E-state index >= 15 is 0 Å². The zero-order chi connectivity index (χ0) is 6.00. The second-order valence-corrected chi connectivity index (χ2v) is 0. The van der Waals surface area contributed by atoms with E-state index in [0.29, 0.717) is 0 Å². The van der Waals surface area contributed by atoms with Gasteiger partial charge in [0.1, 0.15) is 0 Å². The van der Waals surface area contributed by atoms with E-state index in [4.69, 9.17) is 15.3 Å². The van der Waals surface area contributed by atoms with Crippen molar-refractivity contribution in [3.8, 4) is 0 Å². The van der Waals surface area contributed by atoms with Crippen molar-refractivity contribution in [1.82, 2.24) is 0 Å². The molecule has 0 saturated carbocycles. The average molecular weight is 118 g/mol. The van der Waals surface area contributed by atoms with Crippen molar-refractivity contribution < 1.29 is 15.3 Å². The summed E-state index contributed by atoms with van der Waals surface area (Å²) >= 11 is 0. The van der Waals surface area contributed by atoms with Crippen LogP contribution in [0.4, 0.5) is 0 Å². The van der Waals surface area contributed by atoms with Gasteiger partial charge in [0, 0.05) is 7.11 Å². The van der Waals surface area contributed by atoms with Gasteiger partial charge in [0.05, 0.1) is 0 Å². The van der Waals surface area contributed by atoms with Crippen molar-refractivity contribution in [2.24, 2.45) is 0 Å². The molecule has 7 heavy (non-hydrogen) atoms. The first-order valence-corrected chi connectivity index (χ1v) is 1.26. The van der Waals surface area contributed by atoms with Gasteiger partial charge >= 0.3 is 23.1 Å². The molecule has 0 aromatic carbocycles. The molecule has 0 heterocycles. The van der Waals surface area contributed by atoms with Gasteiger partial charge in [0.15, 0.2) is 0 Å². The summed E-state index contributed by atoms with van der Waals surface area (Å²) in [6.07, 6.45) is 0. The molecule has 0 bridgehead atoms. The molecule has 0 radical (unpaired) electrons. The Morgan fingerprint density at radius 2 is 0.857 bits per heavy atom. The van der Waals surface area contributed by atoms with Crippen molar-refractivity contribution in [3.63, 3.8) is 0 Å². The van der Waals surface area contributed by atoms with Crippen LogP contribution in [0.3, 0.4) is 0 Å². The average Bonchev–Trinajstić information content (AvgIpc) is 1.81. The third-order valence-corrected chi connectivity index (χ3v) is 0. The SMILES string of the molecule is CO.C[O-].C[O-].[Mg+2]. The van der Waals surface area contributed by atoms with Crippen molar-refractivity contribution >= 4 is 23.1 Å². The molecule has 0 saturated heterocycles. The zero-order valence-corrected chi connectivity index (χ0v) is 6.39. The van der Waals surface area contributed by atoms with Crippen LogP contribution in [0, 0.1) is 0 Å². The molecule has 0 amide bonds. The topological polar surface area (TPSA) is 66.3 Å². The van der Waals surface area contributed by atoms with Crippen LogP contribution >= 0.6 is 0 Å². The second-order valence-electron chi connectivity index (χ2n) is 0. The van der Waals surface area contributed by atoms with Gasteiger partial charge in [-0.2, -0.15) is 14.2 Å². The van der Waals surface area contributed by atoms with Crippen LogP contribution in [0.15, 0.2) is 0 Å². The normalized spacial score (nSPS) is 2.57. The van der Waals surface area contributed by atoms with Crippen molar-refractivity contribution in [2.75, 3.05) is 21.3 Å².